The SMILES string of the molecule is C[C@@H](C(=O)NC[C@H]1COc2ccccc2O1)N(c1ccccc1)S(C)(=O)=O. The molecule has 1 amide bonds. The van der Waals surface area contributed by atoms with Gasteiger partial charge in [0.05, 0.1) is 18.5 Å². The third kappa shape index (κ3) is 4.51. The molecule has 1 aliphatic heterocycles. The zero-order valence-electron chi connectivity index (χ0n) is 15.2. The molecule has 0 bridgehead atoms. The van der Waals surface area contributed by atoms with Gasteiger partial charge in [0.15, 0.2) is 11.5 Å². The highest BCUT2D eigenvalue weighted by molar-refractivity contribution is 7.92. The summed E-state index contributed by atoms with van der Waals surface area (Å²) in [4.78, 5) is 12.6. The van der Waals surface area contributed by atoms with Crippen molar-refractivity contribution in [1.29, 1.82) is 0 Å². The molecule has 1 aliphatic rings. The molecule has 8 heteroatoms. The van der Waals surface area contributed by atoms with Crippen molar-refractivity contribution >= 4 is 21.6 Å². The maximum absolute atomic E-state index is 12.6. The number of hydrogen-bond acceptors (Lipinski definition) is 5. The first-order valence-corrected chi connectivity index (χ1v) is 10.4. The number of para-hydroxylation sites is 3. The fourth-order valence-electron chi connectivity index (χ4n) is 2.91. The summed E-state index contributed by atoms with van der Waals surface area (Å²) in [6.07, 6.45) is 0.734. The van der Waals surface area contributed by atoms with Crippen molar-refractivity contribution in [2.75, 3.05) is 23.7 Å². The number of benzene rings is 2. The lowest BCUT2D eigenvalue weighted by Gasteiger charge is -2.30. The molecule has 0 aliphatic carbocycles. The molecule has 0 aromatic heterocycles. The van der Waals surface area contributed by atoms with Crippen LogP contribution in [0, 0.1) is 0 Å². The predicted octanol–water partition coefficient (Wildman–Crippen LogP) is 1.80. The molecule has 2 aromatic rings. The number of sulfonamides is 1. The number of amides is 1. The zero-order chi connectivity index (χ0) is 19.4. The van der Waals surface area contributed by atoms with Crippen LogP contribution in [0.4, 0.5) is 5.69 Å². The molecule has 2 aromatic carbocycles. The van der Waals surface area contributed by atoms with E-state index in [0.717, 1.165) is 10.6 Å². The second kappa shape index (κ2) is 7.87. The third-order valence-electron chi connectivity index (χ3n) is 4.17. The maximum atomic E-state index is 12.6. The van der Waals surface area contributed by atoms with E-state index in [4.69, 9.17) is 9.47 Å². The van der Waals surface area contributed by atoms with Gasteiger partial charge in [-0.3, -0.25) is 9.10 Å². The minimum Gasteiger partial charge on any atom is -0.486 e. The van der Waals surface area contributed by atoms with Crippen LogP contribution in [-0.2, 0) is 14.8 Å². The van der Waals surface area contributed by atoms with Crippen LogP contribution in [0.5, 0.6) is 11.5 Å². The Labute approximate surface area is 158 Å². The van der Waals surface area contributed by atoms with Crippen LogP contribution in [0.1, 0.15) is 6.92 Å². The van der Waals surface area contributed by atoms with Crippen molar-refractivity contribution in [2.24, 2.45) is 0 Å². The van der Waals surface area contributed by atoms with E-state index in [2.05, 4.69) is 5.32 Å². The van der Waals surface area contributed by atoms with Gasteiger partial charge in [-0.25, -0.2) is 8.42 Å². The van der Waals surface area contributed by atoms with Crippen molar-refractivity contribution < 1.29 is 22.7 Å². The summed E-state index contributed by atoms with van der Waals surface area (Å²) in [6, 6.07) is 14.9. The number of fused-ring (bicyclic) bond motifs is 1. The van der Waals surface area contributed by atoms with Gasteiger partial charge in [0, 0.05) is 0 Å². The predicted molar refractivity (Wildman–Crippen MR) is 103 cm³/mol. The molecular weight excluding hydrogens is 368 g/mol. The number of anilines is 1. The van der Waals surface area contributed by atoms with Crippen molar-refractivity contribution in [3.8, 4) is 11.5 Å². The van der Waals surface area contributed by atoms with Gasteiger partial charge in [-0.1, -0.05) is 30.3 Å². The first kappa shape index (κ1) is 19.0. The monoisotopic (exact) mass is 390 g/mol. The lowest BCUT2D eigenvalue weighted by Crippen LogP contribution is -2.50. The normalized spacial score (nSPS) is 17.0. The number of carbonyl (C=O) groups excluding carboxylic acids is 1. The summed E-state index contributed by atoms with van der Waals surface area (Å²) in [5.74, 6) is 0.880. The molecule has 7 nitrogen and oxygen atoms in total. The zero-order valence-corrected chi connectivity index (χ0v) is 16.0. The fraction of sp³-hybridized carbons (Fsp3) is 0.316. The molecular formula is C19H22N2O5S. The number of nitrogens with one attached hydrogen (secondary N) is 1. The molecule has 0 fully saturated rings. The van der Waals surface area contributed by atoms with Crippen LogP contribution >= 0.6 is 0 Å². The molecule has 0 saturated carbocycles. The molecule has 0 unspecified atom stereocenters. The van der Waals surface area contributed by atoms with Crippen molar-refractivity contribution in [3.63, 3.8) is 0 Å². The highest BCUT2D eigenvalue weighted by Gasteiger charge is 2.30. The summed E-state index contributed by atoms with van der Waals surface area (Å²) < 4.78 is 37.0. The van der Waals surface area contributed by atoms with E-state index in [0.29, 0.717) is 23.8 Å². The summed E-state index contributed by atoms with van der Waals surface area (Å²) in [6.45, 7) is 2.07. The molecule has 0 saturated heterocycles. The Morgan fingerprint density at radius 2 is 1.78 bits per heavy atom. The van der Waals surface area contributed by atoms with E-state index >= 15 is 0 Å². The van der Waals surface area contributed by atoms with Gasteiger partial charge in [-0.15, -0.1) is 0 Å². The van der Waals surface area contributed by atoms with Gasteiger partial charge in [-0.2, -0.15) is 0 Å². The van der Waals surface area contributed by atoms with Crippen molar-refractivity contribution in [2.45, 2.75) is 19.1 Å². The molecule has 3 rings (SSSR count). The number of ether oxygens (including phenoxy) is 2. The molecule has 2 atom stereocenters. The van der Waals surface area contributed by atoms with E-state index in [-0.39, 0.29) is 12.6 Å². The summed E-state index contributed by atoms with van der Waals surface area (Å²) in [5, 5.41) is 2.76. The van der Waals surface area contributed by atoms with E-state index in [1.54, 1.807) is 43.3 Å². The number of rotatable bonds is 6. The Hall–Kier alpha value is -2.74. The van der Waals surface area contributed by atoms with Gasteiger partial charge in [0.25, 0.3) is 0 Å². The molecule has 1 heterocycles. The van der Waals surface area contributed by atoms with Crippen molar-refractivity contribution in [3.05, 3.63) is 54.6 Å². The Morgan fingerprint density at radius 3 is 2.44 bits per heavy atom. The first-order valence-electron chi connectivity index (χ1n) is 8.57. The van der Waals surface area contributed by atoms with Crippen LogP contribution in [-0.4, -0.2) is 45.9 Å². The molecule has 0 radical (unpaired) electrons. The van der Waals surface area contributed by atoms with E-state index in [9.17, 15) is 13.2 Å². The van der Waals surface area contributed by atoms with Crippen LogP contribution in [0.15, 0.2) is 54.6 Å². The smallest absolute Gasteiger partial charge is 0.243 e. The quantitative estimate of drug-likeness (QED) is 0.813. The summed E-state index contributed by atoms with van der Waals surface area (Å²) >= 11 is 0. The van der Waals surface area contributed by atoms with Gasteiger partial charge < -0.3 is 14.8 Å². The fourth-order valence-corrected chi connectivity index (χ4v) is 4.08. The van der Waals surface area contributed by atoms with Crippen LogP contribution in [0.2, 0.25) is 0 Å². The number of nitrogens with zero attached hydrogens (tertiary/aromatic N) is 1. The lowest BCUT2D eigenvalue weighted by atomic mass is 10.2. The van der Waals surface area contributed by atoms with Crippen LogP contribution in [0.25, 0.3) is 0 Å². The Balaban J connectivity index is 1.65. The standard InChI is InChI=1S/C19H22N2O5S/c1-14(21(27(2,23)24)15-8-4-3-5-9-15)19(22)20-12-16-13-25-17-10-6-7-11-18(17)26-16/h3-11,14,16H,12-13H2,1-2H3,(H,20,22)/t14-,16-/m0/s1. The molecule has 27 heavy (non-hydrogen) atoms. The van der Waals surface area contributed by atoms with E-state index in [1.807, 2.05) is 18.2 Å². The molecule has 1 N–H and O–H groups in total. The average Bonchev–Trinajstić information content (AvgIpc) is 2.65. The van der Waals surface area contributed by atoms with E-state index < -0.39 is 22.0 Å². The average molecular weight is 390 g/mol. The first-order chi connectivity index (χ1) is 12.9. The topological polar surface area (TPSA) is 84.9 Å². The molecule has 0 spiro atoms. The number of carbonyl (C=O) groups is 1. The lowest BCUT2D eigenvalue weighted by molar-refractivity contribution is -0.122. The van der Waals surface area contributed by atoms with Crippen LogP contribution < -0.4 is 19.1 Å². The maximum Gasteiger partial charge on any atom is 0.243 e. The largest absolute Gasteiger partial charge is 0.486 e. The van der Waals surface area contributed by atoms with Crippen molar-refractivity contribution in [1.82, 2.24) is 5.32 Å². The Kier molecular flexibility index (Phi) is 5.55. The third-order valence-corrected chi connectivity index (χ3v) is 5.41. The Bertz CT molecular complexity index is 901. The van der Waals surface area contributed by atoms with Crippen LogP contribution in [0.3, 0.4) is 0 Å². The second-order valence-corrected chi connectivity index (χ2v) is 8.17. The Morgan fingerprint density at radius 1 is 1.15 bits per heavy atom. The summed E-state index contributed by atoms with van der Waals surface area (Å²) in [5.41, 5.74) is 0.439. The molecule has 144 valence electrons. The van der Waals surface area contributed by atoms with Gasteiger partial charge in [0.2, 0.25) is 15.9 Å². The minimum atomic E-state index is -3.63. The summed E-state index contributed by atoms with van der Waals surface area (Å²) in [7, 11) is -3.63. The number of hydrogen-bond donors (Lipinski definition) is 1. The van der Waals surface area contributed by atoms with Gasteiger partial charge in [-0.05, 0) is 31.2 Å². The van der Waals surface area contributed by atoms with E-state index in [1.165, 1.54) is 0 Å². The van der Waals surface area contributed by atoms with Gasteiger partial charge >= 0.3 is 0 Å². The minimum absolute atomic E-state index is 0.212. The van der Waals surface area contributed by atoms with Gasteiger partial charge in [0.1, 0.15) is 18.8 Å². The highest BCUT2D eigenvalue weighted by Crippen LogP contribution is 2.30. The second-order valence-electron chi connectivity index (χ2n) is 6.31. The highest BCUT2D eigenvalue weighted by atomic mass is 32.2.